The van der Waals surface area contributed by atoms with Crippen LogP contribution in [0.4, 0.5) is 4.79 Å². The molecule has 2 aromatic carbocycles. The van der Waals surface area contributed by atoms with E-state index in [1.165, 1.54) is 10.8 Å². The first-order valence-electron chi connectivity index (χ1n) is 10.0. The molecule has 0 saturated carbocycles. The fourth-order valence-electron chi connectivity index (χ4n) is 3.10. The van der Waals surface area contributed by atoms with E-state index in [0.717, 1.165) is 12.0 Å². The van der Waals surface area contributed by atoms with Crippen LogP contribution in [0.15, 0.2) is 42.5 Å². The zero-order chi connectivity index (χ0) is 20.2. The van der Waals surface area contributed by atoms with E-state index in [-0.39, 0.29) is 6.03 Å². The fourth-order valence-corrected chi connectivity index (χ4v) is 5.71. The van der Waals surface area contributed by atoms with Gasteiger partial charge in [0.2, 0.25) is 0 Å². The summed E-state index contributed by atoms with van der Waals surface area (Å²) in [6.07, 6.45) is 0.746. The molecule has 28 heavy (non-hydrogen) atoms. The average molecular weight is 405 g/mol. The minimum atomic E-state index is -2.64. The summed E-state index contributed by atoms with van der Waals surface area (Å²) in [4.78, 5) is 12.1. The van der Waals surface area contributed by atoms with E-state index in [1.807, 2.05) is 39.0 Å². The van der Waals surface area contributed by atoms with Gasteiger partial charge in [0.1, 0.15) is 0 Å². The molecule has 0 unspecified atom stereocenters. The second-order valence-electron chi connectivity index (χ2n) is 6.38. The SMILES string of the molecule is CCO[Si](CCCNC(=O)NCc1ccc2ccccc2c1)(OCC)OCC. The number of hydrogen-bond acceptors (Lipinski definition) is 4. The first-order valence-corrected chi connectivity index (χ1v) is 12.0. The third-order valence-electron chi connectivity index (χ3n) is 4.30. The average Bonchev–Trinajstić information content (AvgIpc) is 2.70. The minimum absolute atomic E-state index is 0.176. The Kier molecular flexibility index (Phi) is 9.43. The van der Waals surface area contributed by atoms with Crippen LogP contribution in [0.3, 0.4) is 0 Å². The van der Waals surface area contributed by atoms with Crippen LogP contribution < -0.4 is 10.6 Å². The molecule has 0 saturated heterocycles. The van der Waals surface area contributed by atoms with Crippen LogP contribution in [0.1, 0.15) is 32.8 Å². The third kappa shape index (κ3) is 6.90. The van der Waals surface area contributed by atoms with Gasteiger partial charge >= 0.3 is 14.8 Å². The first kappa shape index (κ1) is 22.4. The molecule has 0 spiro atoms. The lowest BCUT2D eigenvalue weighted by molar-refractivity contribution is 0.0708. The van der Waals surface area contributed by atoms with Crippen LogP contribution in [0.25, 0.3) is 10.8 Å². The van der Waals surface area contributed by atoms with Gasteiger partial charge < -0.3 is 23.9 Å². The lowest BCUT2D eigenvalue weighted by atomic mass is 10.1. The number of hydrogen-bond donors (Lipinski definition) is 2. The van der Waals surface area contributed by atoms with Crippen LogP contribution in [-0.2, 0) is 19.8 Å². The molecule has 2 aromatic rings. The molecule has 154 valence electrons. The fraction of sp³-hybridized carbons (Fsp3) is 0.476. The lowest BCUT2D eigenvalue weighted by Crippen LogP contribution is -2.46. The molecule has 0 radical (unpaired) electrons. The summed E-state index contributed by atoms with van der Waals surface area (Å²) in [5.74, 6) is 0. The van der Waals surface area contributed by atoms with Gasteiger partial charge in [0, 0.05) is 39.0 Å². The number of nitrogens with one attached hydrogen (secondary N) is 2. The molecule has 7 heteroatoms. The van der Waals surface area contributed by atoms with Crippen LogP contribution in [0, 0.1) is 0 Å². The van der Waals surface area contributed by atoms with Crippen molar-refractivity contribution in [3.63, 3.8) is 0 Å². The van der Waals surface area contributed by atoms with Gasteiger partial charge in [-0.25, -0.2) is 4.79 Å². The van der Waals surface area contributed by atoms with Gasteiger partial charge in [0.05, 0.1) is 0 Å². The second-order valence-corrected chi connectivity index (χ2v) is 9.11. The van der Waals surface area contributed by atoms with E-state index in [9.17, 15) is 4.79 Å². The van der Waals surface area contributed by atoms with Crippen molar-refractivity contribution in [2.45, 2.75) is 39.8 Å². The number of carbonyl (C=O) groups excluding carboxylic acids is 1. The van der Waals surface area contributed by atoms with Crippen molar-refractivity contribution in [2.24, 2.45) is 0 Å². The Bertz CT molecular complexity index is 724. The van der Waals surface area contributed by atoms with E-state index in [0.29, 0.717) is 39.0 Å². The van der Waals surface area contributed by atoms with E-state index in [4.69, 9.17) is 13.3 Å². The summed E-state index contributed by atoms with van der Waals surface area (Å²) in [5.41, 5.74) is 1.07. The Morgan fingerprint density at radius 1 is 0.893 bits per heavy atom. The standard InChI is InChI=1S/C21H32N2O4Si/c1-4-25-28(26-5-2,27-6-3)15-9-14-22-21(24)23-17-18-12-13-19-10-7-8-11-20(19)16-18/h7-8,10-13,16H,4-6,9,14-15,17H2,1-3H3,(H2,22,23,24). The van der Waals surface area contributed by atoms with Gasteiger partial charge in [-0.1, -0.05) is 36.4 Å². The molecular formula is C21H32N2O4Si. The van der Waals surface area contributed by atoms with Gasteiger partial charge in [-0.15, -0.1) is 0 Å². The zero-order valence-corrected chi connectivity index (χ0v) is 18.1. The highest BCUT2D eigenvalue weighted by atomic mass is 28.4. The molecule has 0 aromatic heterocycles. The van der Waals surface area contributed by atoms with Gasteiger partial charge in [0.25, 0.3) is 0 Å². The number of amides is 2. The van der Waals surface area contributed by atoms with E-state index in [1.54, 1.807) is 0 Å². The number of rotatable bonds is 12. The molecule has 0 heterocycles. The van der Waals surface area contributed by atoms with Crippen LogP contribution in [0.2, 0.25) is 6.04 Å². The maximum absolute atomic E-state index is 12.1. The van der Waals surface area contributed by atoms with E-state index >= 15 is 0 Å². The largest absolute Gasteiger partial charge is 0.500 e. The summed E-state index contributed by atoms with van der Waals surface area (Å²) < 4.78 is 17.5. The van der Waals surface area contributed by atoms with Crippen molar-refractivity contribution in [1.29, 1.82) is 0 Å². The highest BCUT2D eigenvalue weighted by Gasteiger charge is 2.39. The van der Waals surface area contributed by atoms with Crippen molar-refractivity contribution in [3.8, 4) is 0 Å². The molecular weight excluding hydrogens is 372 g/mol. The molecule has 2 amide bonds. The van der Waals surface area contributed by atoms with E-state index < -0.39 is 8.80 Å². The molecule has 0 aliphatic rings. The lowest BCUT2D eigenvalue weighted by Gasteiger charge is -2.28. The first-order chi connectivity index (χ1) is 13.6. The summed E-state index contributed by atoms with van der Waals surface area (Å²) in [7, 11) is -2.64. The molecule has 0 aliphatic carbocycles. The van der Waals surface area contributed by atoms with Gasteiger partial charge in [-0.3, -0.25) is 0 Å². The predicted molar refractivity (Wildman–Crippen MR) is 114 cm³/mol. The van der Waals surface area contributed by atoms with Crippen molar-refractivity contribution < 1.29 is 18.1 Å². The molecule has 6 nitrogen and oxygen atoms in total. The Hall–Kier alpha value is -1.93. The van der Waals surface area contributed by atoms with Crippen LogP contribution >= 0.6 is 0 Å². The van der Waals surface area contributed by atoms with Crippen molar-refractivity contribution in [1.82, 2.24) is 10.6 Å². The summed E-state index contributed by atoms with van der Waals surface area (Å²) in [6, 6.07) is 14.9. The Labute approximate surface area is 168 Å². The van der Waals surface area contributed by atoms with Crippen molar-refractivity contribution in [2.75, 3.05) is 26.4 Å². The van der Waals surface area contributed by atoms with Gasteiger partial charge in [0.15, 0.2) is 0 Å². The zero-order valence-electron chi connectivity index (χ0n) is 17.1. The number of benzene rings is 2. The smallest absolute Gasteiger partial charge is 0.374 e. The normalized spacial score (nSPS) is 11.5. The molecule has 2 rings (SSSR count). The number of carbonyl (C=O) groups is 1. The highest BCUT2D eigenvalue weighted by Crippen LogP contribution is 2.18. The van der Waals surface area contributed by atoms with Gasteiger partial charge in [-0.05, 0) is 49.6 Å². The summed E-state index contributed by atoms with van der Waals surface area (Å²) in [6.45, 7) is 8.55. The Morgan fingerprint density at radius 3 is 2.18 bits per heavy atom. The van der Waals surface area contributed by atoms with Gasteiger partial charge in [-0.2, -0.15) is 0 Å². The Balaban J connectivity index is 1.75. The quantitative estimate of drug-likeness (QED) is 0.413. The summed E-state index contributed by atoms with van der Waals surface area (Å²) >= 11 is 0. The molecule has 0 bridgehead atoms. The molecule has 0 atom stereocenters. The maximum atomic E-state index is 12.1. The minimum Gasteiger partial charge on any atom is -0.374 e. The highest BCUT2D eigenvalue weighted by molar-refractivity contribution is 6.60. The number of fused-ring (bicyclic) bond motifs is 1. The van der Waals surface area contributed by atoms with Crippen LogP contribution in [0.5, 0.6) is 0 Å². The monoisotopic (exact) mass is 404 g/mol. The van der Waals surface area contributed by atoms with Crippen LogP contribution in [-0.4, -0.2) is 41.2 Å². The molecule has 0 fully saturated rings. The summed E-state index contributed by atoms with van der Waals surface area (Å²) in [5, 5.41) is 8.17. The van der Waals surface area contributed by atoms with E-state index in [2.05, 4.69) is 34.9 Å². The maximum Gasteiger partial charge on any atom is 0.500 e. The van der Waals surface area contributed by atoms with Crippen molar-refractivity contribution in [3.05, 3.63) is 48.0 Å². The predicted octanol–water partition coefficient (Wildman–Crippen LogP) is 4.08. The second kappa shape index (κ2) is 11.8. The topological polar surface area (TPSA) is 68.8 Å². The molecule has 2 N–H and O–H groups in total. The third-order valence-corrected chi connectivity index (χ3v) is 7.46. The van der Waals surface area contributed by atoms with Crippen molar-refractivity contribution >= 4 is 25.6 Å². The number of urea groups is 1. The Morgan fingerprint density at radius 2 is 1.54 bits per heavy atom. The molecule has 0 aliphatic heterocycles.